The molecule has 0 spiro atoms. The smallest absolute Gasteiger partial charge is 0.478 e. The molecule has 0 bridgehead atoms. The van der Waals surface area contributed by atoms with Crippen LogP contribution in [0, 0.1) is 26.2 Å². The van der Waals surface area contributed by atoms with Gasteiger partial charge in [0.25, 0.3) is 5.56 Å². The van der Waals surface area contributed by atoms with Crippen molar-refractivity contribution in [2.75, 3.05) is 13.1 Å². The maximum atomic E-state index is 12.0. The van der Waals surface area contributed by atoms with Crippen LogP contribution in [0.2, 0.25) is 0 Å². The number of hydrogen-bond acceptors (Lipinski definition) is 4. The number of aliphatic carboxylic acids is 1. The van der Waals surface area contributed by atoms with Crippen LogP contribution < -0.4 is 62.7 Å². The monoisotopic (exact) mass is 567 g/mol. The maximum absolute atomic E-state index is 12.0. The maximum Gasteiger partial charge on any atom is 1.00 e. The van der Waals surface area contributed by atoms with E-state index in [2.05, 4.69) is 37.3 Å². The number of primary amides is 1. The molecule has 0 saturated carbocycles. The van der Waals surface area contributed by atoms with Crippen molar-refractivity contribution in [3.8, 4) is 11.1 Å². The Morgan fingerprint density at radius 3 is 2.25 bits per heavy atom. The molecule has 1 unspecified atom stereocenters. The Labute approximate surface area is 279 Å². The number of aryl methyl sites for hydroxylation is 2. The standard InChI is InChI=1S/C17H16O2.C15H22N3O2.K/c1-12-5-3-6-13(2)17(12)15-8-4-7-14(11-15)9-10-16(18)19;1-11(2)8-13(15(16)20)18-10-12(4-5-14(18)19)9-17-6-3-7-17;/h3-11H,1-2H3,(H,18,19);3-5,10-11,13H,6-9H2,1-2H3,(H2,16,20);/q;-1;+1/b10-9-;;. The van der Waals surface area contributed by atoms with E-state index in [1.165, 1.54) is 27.3 Å². The summed E-state index contributed by atoms with van der Waals surface area (Å²) in [7, 11) is 0. The summed E-state index contributed by atoms with van der Waals surface area (Å²) >= 11 is 0. The molecule has 2 heterocycles. The van der Waals surface area contributed by atoms with Crippen LogP contribution in [-0.4, -0.2) is 39.5 Å². The van der Waals surface area contributed by atoms with E-state index < -0.39 is 17.9 Å². The van der Waals surface area contributed by atoms with Gasteiger partial charge in [0.05, 0.1) is 0 Å². The minimum atomic E-state index is -0.933. The first kappa shape index (κ1) is 33.9. The largest absolute Gasteiger partial charge is 1.00 e. The molecule has 1 saturated heterocycles. The minimum absolute atomic E-state index is 0. The Morgan fingerprint density at radius 2 is 1.70 bits per heavy atom. The number of rotatable bonds is 9. The third kappa shape index (κ3) is 9.94. The fraction of sp³-hybridized carbons (Fsp3) is 0.312. The van der Waals surface area contributed by atoms with Gasteiger partial charge in [0.15, 0.2) is 0 Å². The predicted molar refractivity (Wildman–Crippen MR) is 156 cm³/mol. The van der Waals surface area contributed by atoms with Crippen LogP contribution in [0.15, 0.2) is 71.7 Å². The van der Waals surface area contributed by atoms with Crippen molar-refractivity contribution in [1.82, 2.24) is 9.47 Å². The van der Waals surface area contributed by atoms with Crippen LogP contribution in [0.1, 0.15) is 48.6 Å². The quantitative estimate of drug-likeness (QED) is 0.234. The molecule has 0 aliphatic carbocycles. The fourth-order valence-corrected chi connectivity index (χ4v) is 4.63. The van der Waals surface area contributed by atoms with E-state index in [9.17, 15) is 14.4 Å². The molecule has 1 amide bonds. The normalized spacial score (nSPS) is 13.6. The molecule has 3 aromatic rings. The molecule has 8 heteroatoms. The summed E-state index contributed by atoms with van der Waals surface area (Å²) in [4.78, 5) is 36.4. The van der Waals surface area contributed by atoms with E-state index in [-0.39, 0.29) is 56.9 Å². The number of carbonyl (C=O) groups is 2. The van der Waals surface area contributed by atoms with Crippen LogP contribution >= 0.6 is 0 Å². The van der Waals surface area contributed by atoms with Gasteiger partial charge in [-0.15, -0.1) is 13.1 Å². The number of benzene rings is 2. The molecule has 1 aliphatic rings. The Bertz CT molecular complexity index is 1370. The molecule has 3 N–H and O–H groups in total. The molecule has 206 valence electrons. The van der Waals surface area contributed by atoms with Crippen molar-refractivity contribution >= 4 is 18.0 Å². The molecule has 0 radical (unpaired) electrons. The van der Waals surface area contributed by atoms with Crippen LogP contribution in [-0.2, 0) is 16.1 Å². The molecular weight excluding hydrogens is 529 g/mol. The van der Waals surface area contributed by atoms with Gasteiger partial charge in [-0.05, 0) is 71.7 Å². The predicted octanol–water partition coefficient (Wildman–Crippen LogP) is 2.01. The van der Waals surface area contributed by atoms with Crippen molar-refractivity contribution in [2.24, 2.45) is 11.7 Å². The molecule has 1 fully saturated rings. The average molecular weight is 568 g/mol. The minimum Gasteiger partial charge on any atom is -0.478 e. The van der Waals surface area contributed by atoms with Crippen molar-refractivity contribution in [3.63, 3.8) is 0 Å². The number of nitrogens with zero attached hydrogens (tertiary/aromatic N) is 2. The van der Waals surface area contributed by atoms with Crippen molar-refractivity contribution in [2.45, 2.75) is 46.7 Å². The van der Waals surface area contributed by atoms with Crippen LogP contribution in [0.5, 0.6) is 0 Å². The third-order valence-electron chi connectivity index (χ3n) is 6.61. The van der Waals surface area contributed by atoms with Gasteiger partial charge in [-0.25, -0.2) is 4.79 Å². The van der Waals surface area contributed by atoms with E-state index in [1.54, 1.807) is 12.3 Å². The SMILES string of the molecule is CC(C)CC(C(N)=O)n1cc(CN2C[CH-]C2)ccc1=O.Cc1cccc(C)c1-c1cccc(/C=C\C(=O)O)c1.[K+]. The first-order valence-electron chi connectivity index (χ1n) is 13.2. The number of carbonyl (C=O) groups excluding carboxylic acids is 1. The number of likely N-dealkylation sites (tertiary alicyclic amines) is 1. The van der Waals surface area contributed by atoms with E-state index in [4.69, 9.17) is 10.8 Å². The van der Waals surface area contributed by atoms with Gasteiger partial charge >= 0.3 is 57.4 Å². The summed E-state index contributed by atoms with van der Waals surface area (Å²) in [5, 5.41) is 8.66. The van der Waals surface area contributed by atoms with Crippen molar-refractivity contribution < 1.29 is 66.1 Å². The summed E-state index contributed by atoms with van der Waals surface area (Å²) in [6.45, 7) is 10.9. The van der Waals surface area contributed by atoms with E-state index >= 15 is 0 Å². The number of aromatic nitrogens is 1. The van der Waals surface area contributed by atoms with E-state index in [0.29, 0.717) is 12.3 Å². The Morgan fingerprint density at radius 1 is 1.05 bits per heavy atom. The van der Waals surface area contributed by atoms with Gasteiger partial charge in [-0.2, -0.15) is 0 Å². The molecular formula is C32H38KN3O4. The Hall–Kier alpha value is -2.33. The summed E-state index contributed by atoms with van der Waals surface area (Å²) in [6, 6.07) is 16.9. The summed E-state index contributed by atoms with van der Waals surface area (Å²) < 4.78 is 1.49. The van der Waals surface area contributed by atoms with Crippen LogP contribution in [0.25, 0.3) is 17.2 Å². The van der Waals surface area contributed by atoms with Crippen molar-refractivity contribution in [3.05, 3.63) is 106 Å². The number of hydrogen-bond donors (Lipinski definition) is 2. The topological polar surface area (TPSA) is 106 Å². The number of pyridine rings is 1. The van der Waals surface area contributed by atoms with E-state index in [0.717, 1.165) is 42.4 Å². The van der Waals surface area contributed by atoms with E-state index in [1.807, 2.05) is 50.2 Å². The number of amides is 1. The molecule has 7 nitrogen and oxygen atoms in total. The molecule has 2 aromatic carbocycles. The molecule has 1 aliphatic heterocycles. The number of nitrogens with two attached hydrogens (primary N) is 1. The average Bonchev–Trinajstić information content (AvgIpc) is 2.85. The second-order valence-electron chi connectivity index (χ2n) is 10.4. The first-order chi connectivity index (χ1) is 18.5. The van der Waals surface area contributed by atoms with Crippen molar-refractivity contribution in [1.29, 1.82) is 0 Å². The van der Waals surface area contributed by atoms with Gasteiger partial charge in [-0.3, -0.25) is 9.59 Å². The van der Waals surface area contributed by atoms with Gasteiger partial charge < -0.3 is 26.7 Å². The zero-order valence-corrected chi connectivity index (χ0v) is 27.3. The third-order valence-corrected chi connectivity index (χ3v) is 6.61. The molecule has 4 rings (SSSR count). The Balaban J connectivity index is 0.000000274. The zero-order valence-electron chi connectivity index (χ0n) is 24.1. The van der Waals surface area contributed by atoms with Gasteiger partial charge in [-0.1, -0.05) is 56.3 Å². The second-order valence-corrected chi connectivity index (χ2v) is 10.4. The Kier molecular flexibility index (Phi) is 13.7. The van der Waals surface area contributed by atoms with Gasteiger partial charge in [0.1, 0.15) is 6.04 Å². The van der Waals surface area contributed by atoms with Crippen LogP contribution in [0.3, 0.4) is 0 Å². The summed E-state index contributed by atoms with van der Waals surface area (Å²) in [5.41, 5.74) is 12.0. The number of carboxylic acid groups (broad SMARTS) is 1. The van der Waals surface area contributed by atoms with Crippen LogP contribution in [0.4, 0.5) is 0 Å². The zero-order chi connectivity index (χ0) is 28.5. The molecule has 1 atom stereocenters. The second kappa shape index (κ2) is 16.2. The first-order valence-corrected chi connectivity index (χ1v) is 13.2. The summed E-state index contributed by atoms with van der Waals surface area (Å²) in [5.74, 6) is -1.08. The molecule has 40 heavy (non-hydrogen) atoms. The fourth-order valence-electron chi connectivity index (χ4n) is 4.63. The van der Waals surface area contributed by atoms with Gasteiger partial charge in [0, 0.05) is 24.9 Å². The number of carboxylic acids is 1. The summed E-state index contributed by atoms with van der Waals surface area (Å²) in [6.07, 6.45) is 7.32. The van der Waals surface area contributed by atoms with Gasteiger partial charge in [0.2, 0.25) is 5.91 Å². The molecule has 1 aromatic heterocycles.